The molecule has 1 saturated heterocycles. The number of nitrogens with zero attached hydrogens (tertiary/aromatic N) is 1. The Labute approximate surface area is 124 Å². The molecule has 1 aromatic rings. The van der Waals surface area contributed by atoms with Gasteiger partial charge in [-0.15, -0.1) is 0 Å². The van der Waals surface area contributed by atoms with Crippen LogP contribution in [0.4, 0.5) is 0 Å². The minimum Gasteiger partial charge on any atom is -0.376 e. The van der Waals surface area contributed by atoms with E-state index in [4.69, 9.17) is 4.74 Å². The summed E-state index contributed by atoms with van der Waals surface area (Å²) in [5.41, 5.74) is 0.678. The van der Waals surface area contributed by atoms with E-state index in [2.05, 4.69) is 31.9 Å². The van der Waals surface area contributed by atoms with Gasteiger partial charge in [-0.05, 0) is 31.0 Å². The first-order chi connectivity index (χ1) is 8.56. The average molecular weight is 377 g/mol. The summed E-state index contributed by atoms with van der Waals surface area (Å²) in [5.74, 6) is 0.0208. The highest BCUT2D eigenvalue weighted by Gasteiger charge is 2.21. The van der Waals surface area contributed by atoms with E-state index in [1.54, 1.807) is 4.90 Å². The van der Waals surface area contributed by atoms with E-state index in [1.807, 2.05) is 25.2 Å². The van der Waals surface area contributed by atoms with Crippen molar-refractivity contribution >= 4 is 37.8 Å². The Morgan fingerprint density at radius 2 is 2.06 bits per heavy atom. The van der Waals surface area contributed by atoms with Crippen LogP contribution in [0, 0.1) is 0 Å². The van der Waals surface area contributed by atoms with Gasteiger partial charge >= 0.3 is 0 Å². The smallest absolute Gasteiger partial charge is 0.253 e. The first kappa shape index (κ1) is 14.0. The molecule has 1 aliphatic rings. The van der Waals surface area contributed by atoms with Crippen molar-refractivity contribution in [2.24, 2.45) is 0 Å². The maximum Gasteiger partial charge on any atom is 0.253 e. The summed E-state index contributed by atoms with van der Waals surface area (Å²) in [6.07, 6.45) is 2.32. The van der Waals surface area contributed by atoms with Gasteiger partial charge in [-0.3, -0.25) is 4.79 Å². The lowest BCUT2D eigenvalue weighted by Gasteiger charge is -2.21. The number of likely N-dealkylation sites (N-methyl/N-ethyl adjacent to an activating group) is 1. The molecule has 98 valence electrons. The molecule has 1 heterocycles. The van der Waals surface area contributed by atoms with E-state index in [9.17, 15) is 4.79 Å². The third-order valence-electron chi connectivity index (χ3n) is 2.96. The maximum atomic E-state index is 12.3. The van der Waals surface area contributed by atoms with Crippen molar-refractivity contribution in [3.05, 3.63) is 32.7 Å². The van der Waals surface area contributed by atoms with Crippen molar-refractivity contribution in [3.63, 3.8) is 0 Å². The molecule has 1 atom stereocenters. The summed E-state index contributed by atoms with van der Waals surface area (Å²) in [7, 11) is 1.82. The number of hydrogen-bond donors (Lipinski definition) is 0. The van der Waals surface area contributed by atoms with E-state index in [1.165, 1.54) is 0 Å². The van der Waals surface area contributed by atoms with Crippen LogP contribution in [0.3, 0.4) is 0 Å². The molecule has 5 heteroatoms. The molecule has 0 aromatic heterocycles. The molecule has 1 aliphatic heterocycles. The molecule has 0 aliphatic carbocycles. The molecule has 1 amide bonds. The zero-order valence-corrected chi connectivity index (χ0v) is 13.3. The molecule has 0 radical (unpaired) electrons. The Morgan fingerprint density at radius 1 is 1.39 bits per heavy atom. The van der Waals surface area contributed by atoms with Crippen molar-refractivity contribution in [3.8, 4) is 0 Å². The molecule has 0 spiro atoms. The molecular formula is C13H15Br2NO2. The molecule has 0 bridgehead atoms. The standard InChI is InChI=1S/C13H15Br2NO2/c1-16(8-12-3-2-4-18-12)13(17)9-5-10(14)7-11(15)6-9/h5-7,12H,2-4,8H2,1H3. The quantitative estimate of drug-likeness (QED) is 0.808. The highest BCUT2D eigenvalue weighted by Crippen LogP contribution is 2.21. The van der Waals surface area contributed by atoms with Crippen molar-refractivity contribution in [2.45, 2.75) is 18.9 Å². The summed E-state index contributed by atoms with van der Waals surface area (Å²) >= 11 is 6.79. The largest absolute Gasteiger partial charge is 0.376 e. The van der Waals surface area contributed by atoms with Crippen molar-refractivity contribution in [1.29, 1.82) is 0 Å². The van der Waals surface area contributed by atoms with Crippen LogP contribution in [0.5, 0.6) is 0 Å². The summed E-state index contributed by atoms with van der Waals surface area (Å²) in [5, 5.41) is 0. The number of benzene rings is 1. The average Bonchev–Trinajstić information content (AvgIpc) is 2.79. The topological polar surface area (TPSA) is 29.5 Å². The number of hydrogen-bond acceptors (Lipinski definition) is 2. The second-order valence-corrected chi connectivity index (χ2v) is 6.31. The van der Waals surface area contributed by atoms with Crippen LogP contribution in [-0.2, 0) is 4.74 Å². The lowest BCUT2D eigenvalue weighted by Crippen LogP contribution is -2.34. The van der Waals surface area contributed by atoms with Crippen molar-refractivity contribution < 1.29 is 9.53 Å². The number of carbonyl (C=O) groups excluding carboxylic acids is 1. The minimum atomic E-state index is 0.0208. The molecule has 2 rings (SSSR count). The number of halogens is 2. The third kappa shape index (κ3) is 3.56. The zero-order chi connectivity index (χ0) is 13.1. The van der Waals surface area contributed by atoms with Gasteiger partial charge in [-0.25, -0.2) is 0 Å². The predicted molar refractivity (Wildman–Crippen MR) is 77.8 cm³/mol. The van der Waals surface area contributed by atoms with Gasteiger partial charge in [0.2, 0.25) is 0 Å². The minimum absolute atomic E-state index is 0.0208. The third-order valence-corrected chi connectivity index (χ3v) is 3.87. The van der Waals surface area contributed by atoms with E-state index < -0.39 is 0 Å². The summed E-state index contributed by atoms with van der Waals surface area (Å²) < 4.78 is 7.33. The van der Waals surface area contributed by atoms with Gasteiger partial charge in [0, 0.05) is 34.7 Å². The van der Waals surface area contributed by atoms with Crippen molar-refractivity contribution in [1.82, 2.24) is 4.90 Å². The summed E-state index contributed by atoms with van der Waals surface area (Å²) in [6.45, 7) is 1.47. The SMILES string of the molecule is CN(CC1CCCO1)C(=O)c1cc(Br)cc(Br)c1. The Morgan fingerprint density at radius 3 is 2.61 bits per heavy atom. The van der Waals surface area contributed by atoms with E-state index in [0.717, 1.165) is 28.4 Å². The Kier molecular flexibility index (Phi) is 4.81. The van der Waals surface area contributed by atoms with Crippen LogP contribution in [-0.4, -0.2) is 37.1 Å². The molecule has 0 N–H and O–H groups in total. The van der Waals surface area contributed by atoms with Gasteiger partial charge in [0.1, 0.15) is 0 Å². The fourth-order valence-corrected chi connectivity index (χ4v) is 3.37. The molecule has 0 saturated carbocycles. The first-order valence-electron chi connectivity index (χ1n) is 5.89. The van der Waals surface area contributed by atoms with Crippen LogP contribution >= 0.6 is 31.9 Å². The highest BCUT2D eigenvalue weighted by molar-refractivity contribution is 9.11. The van der Waals surface area contributed by atoms with Gasteiger partial charge in [0.15, 0.2) is 0 Å². The number of amides is 1. The molecule has 3 nitrogen and oxygen atoms in total. The number of ether oxygens (including phenoxy) is 1. The number of rotatable bonds is 3. The Hall–Kier alpha value is -0.390. The van der Waals surface area contributed by atoms with Gasteiger partial charge in [-0.2, -0.15) is 0 Å². The summed E-state index contributed by atoms with van der Waals surface area (Å²) in [4.78, 5) is 14.0. The first-order valence-corrected chi connectivity index (χ1v) is 7.48. The lowest BCUT2D eigenvalue weighted by atomic mass is 10.2. The normalized spacial score (nSPS) is 18.9. The lowest BCUT2D eigenvalue weighted by molar-refractivity contribution is 0.0587. The van der Waals surface area contributed by atoms with Crippen LogP contribution in [0.1, 0.15) is 23.2 Å². The van der Waals surface area contributed by atoms with Crippen LogP contribution < -0.4 is 0 Å². The maximum absolute atomic E-state index is 12.3. The van der Waals surface area contributed by atoms with Crippen LogP contribution in [0.25, 0.3) is 0 Å². The monoisotopic (exact) mass is 375 g/mol. The van der Waals surface area contributed by atoms with Crippen LogP contribution in [0.15, 0.2) is 27.1 Å². The van der Waals surface area contributed by atoms with Gasteiger partial charge in [-0.1, -0.05) is 31.9 Å². The Balaban J connectivity index is 2.04. The second-order valence-electron chi connectivity index (χ2n) is 4.48. The predicted octanol–water partition coefficient (Wildman–Crippen LogP) is 3.46. The highest BCUT2D eigenvalue weighted by atomic mass is 79.9. The molecule has 18 heavy (non-hydrogen) atoms. The number of carbonyl (C=O) groups is 1. The molecule has 1 fully saturated rings. The second kappa shape index (κ2) is 6.17. The summed E-state index contributed by atoms with van der Waals surface area (Å²) in [6, 6.07) is 5.58. The Bertz CT molecular complexity index is 424. The van der Waals surface area contributed by atoms with Crippen molar-refractivity contribution in [2.75, 3.05) is 20.2 Å². The van der Waals surface area contributed by atoms with Crippen LogP contribution in [0.2, 0.25) is 0 Å². The van der Waals surface area contributed by atoms with Gasteiger partial charge in [0.05, 0.1) is 6.10 Å². The molecular weight excluding hydrogens is 362 g/mol. The van der Waals surface area contributed by atoms with E-state index in [0.29, 0.717) is 12.1 Å². The van der Waals surface area contributed by atoms with Gasteiger partial charge < -0.3 is 9.64 Å². The fourth-order valence-electron chi connectivity index (χ4n) is 2.07. The van der Waals surface area contributed by atoms with E-state index >= 15 is 0 Å². The molecule has 1 aromatic carbocycles. The zero-order valence-electron chi connectivity index (χ0n) is 10.2. The van der Waals surface area contributed by atoms with Gasteiger partial charge in [0.25, 0.3) is 5.91 Å². The molecule has 1 unspecified atom stereocenters. The van der Waals surface area contributed by atoms with E-state index in [-0.39, 0.29) is 12.0 Å². The fraction of sp³-hybridized carbons (Fsp3) is 0.462.